The van der Waals surface area contributed by atoms with Crippen LogP contribution in [0.5, 0.6) is 0 Å². The molecule has 0 spiro atoms. The maximum absolute atomic E-state index is 8.90. The molecule has 0 aromatic heterocycles. The van der Waals surface area contributed by atoms with Crippen molar-refractivity contribution in [1.29, 1.82) is 0 Å². The van der Waals surface area contributed by atoms with Crippen LogP contribution < -0.4 is 5.73 Å². The van der Waals surface area contributed by atoms with Crippen molar-refractivity contribution in [2.75, 3.05) is 6.54 Å². The standard InChI is InChI=1S/C13H25N3O/c14-13(15-17)12-9-5-6-10-16(12)11-7-3-1-2-4-8-11/h11-12,17H,1-10H2,(H2,14,15). The number of nitrogens with zero attached hydrogens (tertiary/aromatic N) is 2. The van der Waals surface area contributed by atoms with Gasteiger partial charge in [0.25, 0.3) is 0 Å². The van der Waals surface area contributed by atoms with Gasteiger partial charge in [-0.2, -0.15) is 0 Å². The van der Waals surface area contributed by atoms with Crippen molar-refractivity contribution >= 4 is 5.84 Å². The van der Waals surface area contributed by atoms with E-state index in [-0.39, 0.29) is 6.04 Å². The summed E-state index contributed by atoms with van der Waals surface area (Å²) in [4.78, 5) is 2.50. The van der Waals surface area contributed by atoms with Gasteiger partial charge in [-0.25, -0.2) is 0 Å². The van der Waals surface area contributed by atoms with Crippen LogP contribution in [0.3, 0.4) is 0 Å². The van der Waals surface area contributed by atoms with Crippen molar-refractivity contribution in [2.45, 2.75) is 69.9 Å². The summed E-state index contributed by atoms with van der Waals surface area (Å²) < 4.78 is 0. The zero-order valence-corrected chi connectivity index (χ0v) is 10.6. The maximum atomic E-state index is 8.90. The Hall–Kier alpha value is -0.770. The van der Waals surface area contributed by atoms with Crippen LogP contribution in [0.1, 0.15) is 57.8 Å². The van der Waals surface area contributed by atoms with Gasteiger partial charge in [0.05, 0.1) is 6.04 Å². The van der Waals surface area contributed by atoms with Crippen molar-refractivity contribution in [2.24, 2.45) is 10.9 Å². The van der Waals surface area contributed by atoms with E-state index in [1.807, 2.05) is 0 Å². The summed E-state index contributed by atoms with van der Waals surface area (Å²) in [7, 11) is 0. The van der Waals surface area contributed by atoms with Crippen LogP contribution in [-0.4, -0.2) is 34.6 Å². The Morgan fingerprint density at radius 1 is 1.00 bits per heavy atom. The molecule has 0 aromatic carbocycles. The molecular formula is C13H25N3O. The highest BCUT2D eigenvalue weighted by Gasteiger charge is 2.31. The SMILES string of the molecule is NC(=NO)C1CCCCN1C1CCCCCC1. The van der Waals surface area contributed by atoms with Gasteiger partial charge >= 0.3 is 0 Å². The Labute approximate surface area is 104 Å². The van der Waals surface area contributed by atoms with E-state index in [0.717, 1.165) is 13.0 Å². The predicted molar refractivity (Wildman–Crippen MR) is 69.2 cm³/mol. The summed E-state index contributed by atoms with van der Waals surface area (Å²) in [6.45, 7) is 1.12. The Bertz CT molecular complexity index is 259. The molecule has 1 atom stereocenters. The molecule has 1 aliphatic carbocycles. The molecule has 1 heterocycles. The van der Waals surface area contributed by atoms with E-state index in [2.05, 4.69) is 10.1 Å². The predicted octanol–water partition coefficient (Wildman–Crippen LogP) is 2.31. The van der Waals surface area contributed by atoms with Gasteiger partial charge < -0.3 is 10.9 Å². The molecule has 2 fully saturated rings. The lowest BCUT2D eigenvalue weighted by molar-refractivity contribution is 0.117. The maximum Gasteiger partial charge on any atom is 0.156 e. The van der Waals surface area contributed by atoms with Crippen molar-refractivity contribution < 1.29 is 5.21 Å². The highest BCUT2D eigenvalue weighted by Crippen LogP contribution is 2.27. The van der Waals surface area contributed by atoms with Gasteiger partial charge in [-0.15, -0.1) is 0 Å². The third kappa shape index (κ3) is 3.12. The lowest BCUT2D eigenvalue weighted by Crippen LogP contribution is -2.52. The molecule has 3 N–H and O–H groups in total. The van der Waals surface area contributed by atoms with Gasteiger partial charge in [-0.1, -0.05) is 37.3 Å². The van der Waals surface area contributed by atoms with Crippen LogP contribution in [0.2, 0.25) is 0 Å². The van der Waals surface area contributed by atoms with E-state index < -0.39 is 0 Å². The first-order valence-electron chi connectivity index (χ1n) is 7.06. The van der Waals surface area contributed by atoms with Crippen LogP contribution in [0.15, 0.2) is 5.16 Å². The summed E-state index contributed by atoms with van der Waals surface area (Å²) in [6.07, 6.45) is 11.5. The van der Waals surface area contributed by atoms with Gasteiger partial charge in [-0.05, 0) is 32.2 Å². The molecule has 1 unspecified atom stereocenters. The molecule has 0 radical (unpaired) electrons. The first kappa shape index (κ1) is 12.7. The molecule has 2 rings (SSSR count). The molecule has 17 heavy (non-hydrogen) atoms. The van der Waals surface area contributed by atoms with Gasteiger partial charge in [-0.3, -0.25) is 4.90 Å². The number of rotatable bonds is 2. The first-order chi connectivity index (χ1) is 8.33. The molecule has 0 aromatic rings. The minimum absolute atomic E-state index is 0.178. The zero-order chi connectivity index (χ0) is 12.1. The monoisotopic (exact) mass is 239 g/mol. The van der Waals surface area contributed by atoms with Crippen LogP contribution in [0.4, 0.5) is 0 Å². The van der Waals surface area contributed by atoms with Crippen LogP contribution in [0, 0.1) is 0 Å². The fourth-order valence-corrected chi connectivity index (χ4v) is 3.36. The van der Waals surface area contributed by atoms with Crippen LogP contribution >= 0.6 is 0 Å². The molecule has 1 saturated heterocycles. The highest BCUT2D eigenvalue weighted by molar-refractivity contribution is 5.85. The van der Waals surface area contributed by atoms with E-state index in [1.54, 1.807) is 0 Å². The normalized spacial score (nSPS) is 30.1. The summed E-state index contributed by atoms with van der Waals surface area (Å²) in [5.41, 5.74) is 5.84. The quantitative estimate of drug-likeness (QED) is 0.255. The van der Waals surface area contributed by atoms with Crippen molar-refractivity contribution in [3.8, 4) is 0 Å². The molecule has 0 bridgehead atoms. The fraction of sp³-hybridized carbons (Fsp3) is 0.923. The summed E-state index contributed by atoms with van der Waals surface area (Å²) in [5.74, 6) is 0.411. The number of piperidine rings is 1. The molecular weight excluding hydrogens is 214 g/mol. The van der Waals surface area contributed by atoms with Gasteiger partial charge in [0.2, 0.25) is 0 Å². The van der Waals surface area contributed by atoms with Crippen LogP contribution in [0.25, 0.3) is 0 Å². The Morgan fingerprint density at radius 3 is 2.29 bits per heavy atom. The average molecular weight is 239 g/mol. The van der Waals surface area contributed by atoms with E-state index in [9.17, 15) is 0 Å². The number of amidine groups is 1. The van der Waals surface area contributed by atoms with Gasteiger partial charge in [0.1, 0.15) is 0 Å². The van der Waals surface area contributed by atoms with Gasteiger partial charge in [0.15, 0.2) is 5.84 Å². The average Bonchev–Trinajstić information content (AvgIpc) is 2.66. The second-order valence-corrected chi connectivity index (χ2v) is 5.42. The largest absolute Gasteiger partial charge is 0.409 e. The van der Waals surface area contributed by atoms with Gasteiger partial charge in [0, 0.05) is 6.04 Å². The van der Waals surface area contributed by atoms with Crippen LogP contribution in [-0.2, 0) is 0 Å². The summed E-state index contributed by atoms with van der Waals surface area (Å²) in [5, 5.41) is 12.1. The number of oxime groups is 1. The Balaban J connectivity index is 2.04. The number of nitrogens with two attached hydrogens (primary N) is 1. The molecule has 98 valence electrons. The molecule has 2 aliphatic rings. The molecule has 0 amide bonds. The van der Waals surface area contributed by atoms with Crippen molar-refractivity contribution in [3.63, 3.8) is 0 Å². The second kappa shape index (κ2) is 6.24. The number of hydrogen-bond acceptors (Lipinski definition) is 3. The van der Waals surface area contributed by atoms with E-state index in [4.69, 9.17) is 10.9 Å². The molecule has 1 saturated carbocycles. The molecule has 4 nitrogen and oxygen atoms in total. The van der Waals surface area contributed by atoms with E-state index in [1.165, 1.54) is 51.4 Å². The highest BCUT2D eigenvalue weighted by atomic mass is 16.4. The molecule has 4 heteroatoms. The van der Waals surface area contributed by atoms with E-state index >= 15 is 0 Å². The smallest absolute Gasteiger partial charge is 0.156 e. The van der Waals surface area contributed by atoms with Crippen molar-refractivity contribution in [3.05, 3.63) is 0 Å². The summed E-state index contributed by atoms with van der Waals surface area (Å²) in [6, 6.07) is 0.833. The number of hydrogen-bond donors (Lipinski definition) is 2. The summed E-state index contributed by atoms with van der Waals surface area (Å²) >= 11 is 0. The zero-order valence-electron chi connectivity index (χ0n) is 10.6. The lowest BCUT2D eigenvalue weighted by Gasteiger charge is -2.40. The fourth-order valence-electron chi connectivity index (χ4n) is 3.36. The number of likely N-dealkylation sites (tertiary alicyclic amines) is 1. The minimum atomic E-state index is 0.178. The third-order valence-electron chi connectivity index (χ3n) is 4.29. The Kier molecular flexibility index (Phi) is 4.66. The minimum Gasteiger partial charge on any atom is -0.409 e. The van der Waals surface area contributed by atoms with Crippen molar-refractivity contribution in [1.82, 2.24) is 4.90 Å². The lowest BCUT2D eigenvalue weighted by atomic mass is 9.96. The third-order valence-corrected chi connectivity index (χ3v) is 4.29. The van der Waals surface area contributed by atoms with E-state index in [0.29, 0.717) is 11.9 Å². The second-order valence-electron chi connectivity index (χ2n) is 5.42. The topological polar surface area (TPSA) is 61.9 Å². The first-order valence-corrected chi connectivity index (χ1v) is 7.06. The molecule has 1 aliphatic heterocycles. The Morgan fingerprint density at radius 2 is 1.65 bits per heavy atom.